The molecule has 0 bridgehead atoms. The van der Waals surface area contributed by atoms with Crippen LogP contribution in [0.1, 0.15) is 42.9 Å². The third-order valence-corrected chi connectivity index (χ3v) is 5.84. The van der Waals surface area contributed by atoms with Gasteiger partial charge in [-0.25, -0.2) is 4.98 Å². The van der Waals surface area contributed by atoms with Gasteiger partial charge in [-0.15, -0.1) is 0 Å². The van der Waals surface area contributed by atoms with E-state index in [0.717, 1.165) is 47.6 Å². The number of nitrogens with zero attached hydrogens (tertiary/aromatic N) is 4. The molecule has 7 heteroatoms. The van der Waals surface area contributed by atoms with Crippen LogP contribution in [0.25, 0.3) is 10.9 Å². The van der Waals surface area contributed by atoms with E-state index in [1.165, 1.54) is 0 Å². The average Bonchev–Trinajstić information content (AvgIpc) is 3.18. The van der Waals surface area contributed by atoms with Crippen LogP contribution in [0, 0.1) is 0 Å². The number of anilines is 2. The minimum atomic E-state index is -0.00354. The van der Waals surface area contributed by atoms with E-state index in [1.807, 2.05) is 47.5 Å². The highest BCUT2D eigenvalue weighted by molar-refractivity contribution is 5.99. The monoisotopic (exact) mass is 421 g/mol. The molecule has 0 radical (unpaired) electrons. The zero-order chi connectivity index (χ0) is 22.0. The van der Waals surface area contributed by atoms with Crippen molar-refractivity contribution in [3.8, 4) is 0 Å². The van der Waals surface area contributed by atoms with Crippen molar-refractivity contribution >= 4 is 28.3 Å². The van der Waals surface area contributed by atoms with Crippen LogP contribution < -0.4 is 10.2 Å². The lowest BCUT2D eigenvalue weighted by Gasteiger charge is -2.36. The third-order valence-electron chi connectivity index (χ3n) is 5.84. The molecular formula is C24H31N5O2. The van der Waals surface area contributed by atoms with Crippen LogP contribution in [0.4, 0.5) is 11.5 Å². The molecule has 2 N–H and O–H groups in total. The second-order valence-corrected chi connectivity index (χ2v) is 8.23. The summed E-state index contributed by atoms with van der Waals surface area (Å²) in [4.78, 5) is 22.2. The van der Waals surface area contributed by atoms with E-state index in [4.69, 9.17) is 0 Å². The van der Waals surface area contributed by atoms with Crippen molar-refractivity contribution in [2.75, 3.05) is 42.9 Å². The van der Waals surface area contributed by atoms with Crippen molar-refractivity contribution in [1.29, 1.82) is 0 Å². The number of carbonyl (C=O) groups is 1. The average molecular weight is 422 g/mol. The lowest BCUT2D eigenvalue weighted by atomic mass is 10.1. The number of amides is 1. The van der Waals surface area contributed by atoms with Crippen molar-refractivity contribution in [3.63, 3.8) is 0 Å². The van der Waals surface area contributed by atoms with E-state index in [1.54, 1.807) is 0 Å². The van der Waals surface area contributed by atoms with Gasteiger partial charge in [0.05, 0.1) is 12.3 Å². The lowest BCUT2D eigenvalue weighted by Crippen LogP contribution is -2.49. The van der Waals surface area contributed by atoms with Gasteiger partial charge >= 0.3 is 0 Å². The highest BCUT2D eigenvalue weighted by Gasteiger charge is 2.27. The summed E-state index contributed by atoms with van der Waals surface area (Å²) in [5.74, 6) is 1.01. The van der Waals surface area contributed by atoms with Gasteiger partial charge in [-0.3, -0.25) is 4.79 Å². The van der Waals surface area contributed by atoms with Crippen molar-refractivity contribution in [2.24, 2.45) is 0 Å². The zero-order valence-corrected chi connectivity index (χ0v) is 18.5. The van der Waals surface area contributed by atoms with Crippen LogP contribution in [0.2, 0.25) is 0 Å². The smallest absolute Gasteiger partial charge is 0.270 e. The number of aliphatic hydroxyl groups excluding tert-OH is 1. The van der Waals surface area contributed by atoms with Gasteiger partial charge in [0.2, 0.25) is 0 Å². The number of benzene rings is 1. The second-order valence-electron chi connectivity index (χ2n) is 8.23. The Balaban J connectivity index is 1.55. The predicted octanol–water partition coefficient (Wildman–Crippen LogP) is 3.50. The van der Waals surface area contributed by atoms with E-state index in [0.29, 0.717) is 18.8 Å². The summed E-state index contributed by atoms with van der Waals surface area (Å²) >= 11 is 0. The fourth-order valence-corrected chi connectivity index (χ4v) is 4.37. The van der Waals surface area contributed by atoms with Crippen LogP contribution in [-0.2, 0) is 6.61 Å². The van der Waals surface area contributed by atoms with Gasteiger partial charge in [-0.1, -0.05) is 6.07 Å². The molecule has 0 spiro atoms. The predicted molar refractivity (Wildman–Crippen MR) is 125 cm³/mol. The first kappa shape index (κ1) is 21.2. The van der Waals surface area contributed by atoms with Gasteiger partial charge < -0.3 is 24.8 Å². The van der Waals surface area contributed by atoms with Crippen LogP contribution >= 0.6 is 0 Å². The van der Waals surface area contributed by atoms with Gasteiger partial charge in [-0.05, 0) is 56.7 Å². The highest BCUT2D eigenvalue weighted by Crippen LogP contribution is 2.28. The molecule has 2 aromatic heterocycles. The summed E-state index contributed by atoms with van der Waals surface area (Å²) in [5.41, 5.74) is 3.62. The van der Waals surface area contributed by atoms with E-state index < -0.39 is 0 Å². The molecule has 1 aromatic carbocycles. The molecule has 1 aliphatic heterocycles. The number of aromatic nitrogens is 2. The molecular weight excluding hydrogens is 390 g/mol. The Morgan fingerprint density at radius 3 is 2.61 bits per heavy atom. The van der Waals surface area contributed by atoms with E-state index in [-0.39, 0.29) is 18.6 Å². The molecule has 164 valence electrons. The molecule has 0 saturated carbocycles. The number of nitrogens with one attached hydrogen (secondary N) is 1. The topological polar surface area (TPSA) is 73.6 Å². The standard InChI is InChI=1S/C24H31N5O2/c1-4-25-20-6-5-9-26-23(20)27-10-12-28(13-11-27)24(31)22-15-19-14-18(16-30)7-8-21(19)29(22)17(2)3/h5-9,14-15,17,25,30H,4,10-13,16H2,1-3H3. The third kappa shape index (κ3) is 4.10. The molecule has 3 heterocycles. The molecule has 1 amide bonds. The summed E-state index contributed by atoms with van der Waals surface area (Å²) < 4.78 is 2.10. The molecule has 1 fully saturated rings. The molecule has 0 atom stereocenters. The Morgan fingerprint density at radius 1 is 1.16 bits per heavy atom. The fourth-order valence-electron chi connectivity index (χ4n) is 4.37. The quantitative estimate of drug-likeness (QED) is 0.637. The van der Waals surface area contributed by atoms with Crippen molar-refractivity contribution in [2.45, 2.75) is 33.4 Å². The highest BCUT2D eigenvalue weighted by atomic mass is 16.3. The van der Waals surface area contributed by atoms with Gasteiger partial charge in [0.15, 0.2) is 5.82 Å². The molecule has 31 heavy (non-hydrogen) atoms. The van der Waals surface area contributed by atoms with Crippen LogP contribution in [0.3, 0.4) is 0 Å². The Labute approximate surface area is 183 Å². The number of rotatable bonds is 6. The number of carbonyl (C=O) groups excluding carboxylic acids is 1. The Kier molecular flexibility index (Phi) is 6.13. The lowest BCUT2D eigenvalue weighted by molar-refractivity contribution is 0.0734. The first-order valence-corrected chi connectivity index (χ1v) is 11.0. The van der Waals surface area contributed by atoms with Gasteiger partial charge in [0.25, 0.3) is 5.91 Å². The summed E-state index contributed by atoms with van der Waals surface area (Å²) in [6.45, 7) is 9.91. The Hall–Kier alpha value is -3.06. The van der Waals surface area contributed by atoms with Gasteiger partial charge in [-0.2, -0.15) is 0 Å². The number of piperazine rings is 1. The van der Waals surface area contributed by atoms with E-state index in [9.17, 15) is 9.90 Å². The van der Waals surface area contributed by atoms with Crippen LogP contribution in [0.5, 0.6) is 0 Å². The number of fused-ring (bicyclic) bond motifs is 1. The van der Waals surface area contributed by atoms with Crippen molar-refractivity contribution in [1.82, 2.24) is 14.5 Å². The molecule has 0 aliphatic carbocycles. The maximum atomic E-state index is 13.5. The first-order valence-electron chi connectivity index (χ1n) is 11.0. The first-order chi connectivity index (χ1) is 15.0. The maximum absolute atomic E-state index is 13.5. The van der Waals surface area contributed by atoms with Crippen molar-refractivity contribution < 1.29 is 9.90 Å². The number of aliphatic hydroxyl groups is 1. The maximum Gasteiger partial charge on any atom is 0.270 e. The Bertz CT molecular complexity index is 1070. The molecule has 3 aromatic rings. The van der Waals surface area contributed by atoms with Crippen LogP contribution in [-0.4, -0.2) is 58.2 Å². The summed E-state index contributed by atoms with van der Waals surface area (Å²) in [5, 5.41) is 13.8. The minimum absolute atomic E-state index is 0.00354. The summed E-state index contributed by atoms with van der Waals surface area (Å²) in [6.07, 6.45) is 1.81. The normalized spacial score (nSPS) is 14.5. The molecule has 1 aliphatic rings. The molecule has 0 unspecified atom stereocenters. The fraction of sp³-hybridized carbons (Fsp3) is 0.417. The van der Waals surface area contributed by atoms with Crippen LogP contribution in [0.15, 0.2) is 42.6 Å². The number of hydrogen-bond donors (Lipinski definition) is 2. The second kappa shape index (κ2) is 8.98. The molecule has 7 nitrogen and oxygen atoms in total. The van der Waals surface area contributed by atoms with Crippen molar-refractivity contribution in [3.05, 3.63) is 53.9 Å². The molecule has 1 saturated heterocycles. The largest absolute Gasteiger partial charge is 0.392 e. The Morgan fingerprint density at radius 2 is 1.94 bits per heavy atom. The number of pyridine rings is 1. The zero-order valence-electron chi connectivity index (χ0n) is 18.5. The number of hydrogen-bond acceptors (Lipinski definition) is 5. The SMILES string of the molecule is CCNc1cccnc1N1CCN(C(=O)c2cc3cc(CO)ccc3n2C(C)C)CC1. The van der Waals surface area contributed by atoms with E-state index in [2.05, 4.69) is 40.5 Å². The minimum Gasteiger partial charge on any atom is -0.392 e. The molecule has 4 rings (SSSR count). The summed E-state index contributed by atoms with van der Waals surface area (Å²) in [7, 11) is 0. The van der Waals surface area contributed by atoms with E-state index >= 15 is 0 Å². The summed E-state index contributed by atoms with van der Waals surface area (Å²) in [6, 6.07) is 12.0. The van der Waals surface area contributed by atoms with Gasteiger partial charge in [0, 0.05) is 55.9 Å². The van der Waals surface area contributed by atoms with Gasteiger partial charge in [0.1, 0.15) is 5.69 Å².